The Bertz CT molecular complexity index is 130. The van der Waals surface area contributed by atoms with Crippen molar-refractivity contribution < 1.29 is 13.9 Å². The fraction of sp³-hybridized carbons (Fsp3) is 0.714. The second-order valence-electron chi connectivity index (χ2n) is 2.09. The van der Waals surface area contributed by atoms with Crippen molar-refractivity contribution in [2.45, 2.75) is 20.8 Å². The molecule has 0 aliphatic carbocycles. The average Bonchev–Trinajstić information content (AvgIpc) is 1.88. The molecule has 0 fully saturated rings. The van der Waals surface area contributed by atoms with Gasteiger partial charge in [-0.2, -0.15) is 13.9 Å². The monoisotopic (exact) mass is 179 g/mol. The summed E-state index contributed by atoms with van der Waals surface area (Å²) in [7, 11) is -2.74. The summed E-state index contributed by atoms with van der Waals surface area (Å²) < 4.78 is 10.2. The maximum absolute atomic E-state index is 9.66. The van der Waals surface area contributed by atoms with E-state index in [2.05, 4.69) is 6.58 Å². The van der Waals surface area contributed by atoms with Crippen molar-refractivity contribution in [3.63, 3.8) is 0 Å². The van der Waals surface area contributed by atoms with E-state index in [1.54, 1.807) is 6.92 Å². The molecule has 3 nitrogen and oxygen atoms in total. The quantitative estimate of drug-likeness (QED) is 0.658. The van der Waals surface area contributed by atoms with E-state index in [9.17, 15) is 4.89 Å². The van der Waals surface area contributed by atoms with Crippen molar-refractivity contribution in [3.05, 3.63) is 11.9 Å². The first-order chi connectivity index (χ1) is 5.06. The Morgan fingerprint density at radius 2 is 1.73 bits per heavy atom. The number of hydrogen-bond donors (Lipinski definition) is 1. The van der Waals surface area contributed by atoms with Crippen LogP contribution in [0.25, 0.3) is 0 Å². The molecule has 0 atom stereocenters. The van der Waals surface area contributed by atoms with Gasteiger partial charge in [0.05, 0.1) is 13.2 Å². The predicted octanol–water partition coefficient (Wildman–Crippen LogP) is 2.35. The Balaban J connectivity index is 4.13. The summed E-state index contributed by atoms with van der Waals surface area (Å²) in [5.74, 6) is 0. The molecule has 0 bridgehead atoms. The molecule has 0 saturated carbocycles. The van der Waals surface area contributed by atoms with Gasteiger partial charge >= 0.3 is 7.94 Å². The summed E-state index contributed by atoms with van der Waals surface area (Å²) in [6.07, 6.45) is 0. The molecule has 0 aromatic carbocycles. The molecule has 0 spiro atoms. The number of allylic oxidation sites excluding steroid dienone is 1. The molecule has 0 aliphatic rings. The predicted molar refractivity (Wildman–Crippen MR) is 47.2 cm³/mol. The SMILES string of the molecule is C=C(C)[P+](O)(OCC)OCC. The van der Waals surface area contributed by atoms with E-state index in [-0.39, 0.29) is 0 Å². The summed E-state index contributed by atoms with van der Waals surface area (Å²) >= 11 is 0. The molecule has 1 N–H and O–H groups in total. The first-order valence-corrected chi connectivity index (χ1v) is 5.21. The van der Waals surface area contributed by atoms with E-state index in [0.717, 1.165) is 0 Å². The Kier molecular flexibility index (Phi) is 4.86. The highest BCUT2D eigenvalue weighted by Crippen LogP contribution is 2.62. The van der Waals surface area contributed by atoms with Crippen molar-refractivity contribution in [2.75, 3.05) is 13.2 Å². The van der Waals surface area contributed by atoms with E-state index in [1.807, 2.05) is 13.8 Å². The highest BCUT2D eigenvalue weighted by molar-refractivity contribution is 7.64. The molecule has 0 aliphatic heterocycles. The van der Waals surface area contributed by atoms with Crippen LogP contribution in [0, 0.1) is 0 Å². The van der Waals surface area contributed by atoms with Gasteiger partial charge < -0.3 is 0 Å². The van der Waals surface area contributed by atoms with Crippen LogP contribution in [-0.2, 0) is 9.05 Å². The minimum atomic E-state index is -2.74. The van der Waals surface area contributed by atoms with Crippen LogP contribution in [0.15, 0.2) is 11.9 Å². The van der Waals surface area contributed by atoms with Crippen LogP contribution in [0.2, 0.25) is 0 Å². The number of hydrogen-bond acceptors (Lipinski definition) is 3. The van der Waals surface area contributed by atoms with Gasteiger partial charge in [-0.15, -0.1) is 0 Å². The van der Waals surface area contributed by atoms with Gasteiger partial charge in [0.15, 0.2) is 0 Å². The average molecular weight is 179 g/mol. The molecule has 4 heteroatoms. The summed E-state index contributed by atoms with van der Waals surface area (Å²) in [5, 5.41) is 0.571. The highest BCUT2D eigenvalue weighted by atomic mass is 31.2. The molecule has 0 heterocycles. The van der Waals surface area contributed by atoms with Gasteiger partial charge in [-0.3, -0.25) is 0 Å². The van der Waals surface area contributed by atoms with Crippen molar-refractivity contribution in [1.82, 2.24) is 0 Å². The Morgan fingerprint density at radius 3 is 1.91 bits per heavy atom. The largest absolute Gasteiger partial charge is 0.440 e. The maximum Gasteiger partial charge on any atom is 0.440 e. The Labute approximate surface area is 68.6 Å². The van der Waals surface area contributed by atoms with Crippen molar-refractivity contribution in [1.29, 1.82) is 0 Å². The Morgan fingerprint density at radius 1 is 1.36 bits per heavy atom. The number of rotatable bonds is 5. The van der Waals surface area contributed by atoms with Gasteiger partial charge in [-0.05, 0) is 13.8 Å². The van der Waals surface area contributed by atoms with Gasteiger partial charge in [0, 0.05) is 6.92 Å². The van der Waals surface area contributed by atoms with E-state index in [1.165, 1.54) is 0 Å². The maximum atomic E-state index is 9.66. The van der Waals surface area contributed by atoms with Crippen LogP contribution in [0.5, 0.6) is 0 Å². The second kappa shape index (κ2) is 4.83. The molecule has 66 valence electrons. The molecular weight excluding hydrogens is 163 g/mol. The third-order valence-electron chi connectivity index (χ3n) is 1.09. The van der Waals surface area contributed by atoms with Crippen LogP contribution in [-0.4, -0.2) is 18.1 Å². The topological polar surface area (TPSA) is 38.7 Å². The smallest absolute Gasteiger partial charge is 0.189 e. The third kappa shape index (κ3) is 3.30. The lowest BCUT2D eigenvalue weighted by Crippen LogP contribution is -2.02. The van der Waals surface area contributed by atoms with Crippen LogP contribution in [0.3, 0.4) is 0 Å². The summed E-state index contributed by atoms with van der Waals surface area (Å²) in [5.41, 5.74) is 0. The zero-order chi connectivity index (χ0) is 8.91. The highest BCUT2D eigenvalue weighted by Gasteiger charge is 2.41. The first kappa shape index (κ1) is 11.1. The van der Waals surface area contributed by atoms with Crippen LogP contribution >= 0.6 is 7.94 Å². The van der Waals surface area contributed by atoms with Gasteiger partial charge in [-0.25, -0.2) is 0 Å². The molecule has 0 rings (SSSR count). The molecule has 0 saturated heterocycles. The first-order valence-electron chi connectivity index (χ1n) is 3.63. The van der Waals surface area contributed by atoms with Crippen LogP contribution < -0.4 is 0 Å². The third-order valence-corrected chi connectivity index (χ3v) is 3.27. The standard InChI is InChI=1S/C7H16O3P/c1-5-9-11(8,7(3)4)10-6-2/h8H,3,5-6H2,1-2,4H3/q+1. The summed E-state index contributed by atoms with van der Waals surface area (Å²) in [4.78, 5) is 9.66. The lowest BCUT2D eigenvalue weighted by molar-refractivity contribution is 0.196. The van der Waals surface area contributed by atoms with Gasteiger partial charge in [0.2, 0.25) is 0 Å². The zero-order valence-electron chi connectivity index (χ0n) is 7.33. The normalized spacial score (nSPS) is 11.6. The van der Waals surface area contributed by atoms with Crippen LogP contribution in [0.4, 0.5) is 0 Å². The van der Waals surface area contributed by atoms with Crippen molar-refractivity contribution in [3.8, 4) is 0 Å². The second-order valence-corrected chi connectivity index (χ2v) is 4.41. The zero-order valence-corrected chi connectivity index (χ0v) is 8.23. The lowest BCUT2D eigenvalue weighted by Gasteiger charge is -2.14. The summed E-state index contributed by atoms with van der Waals surface area (Å²) in [6, 6.07) is 0. The molecular formula is C7H16O3P+. The van der Waals surface area contributed by atoms with Gasteiger partial charge in [-0.1, -0.05) is 6.58 Å². The van der Waals surface area contributed by atoms with Crippen molar-refractivity contribution >= 4 is 7.94 Å². The molecule has 0 unspecified atom stereocenters. The fourth-order valence-corrected chi connectivity index (χ4v) is 1.82. The van der Waals surface area contributed by atoms with E-state index in [4.69, 9.17) is 9.05 Å². The molecule has 0 radical (unpaired) electrons. The van der Waals surface area contributed by atoms with E-state index in [0.29, 0.717) is 18.5 Å². The summed E-state index contributed by atoms with van der Waals surface area (Å²) in [6.45, 7) is 9.83. The lowest BCUT2D eigenvalue weighted by atomic mass is 10.8. The fourth-order valence-electron chi connectivity index (χ4n) is 0.608. The van der Waals surface area contributed by atoms with E-state index < -0.39 is 7.94 Å². The molecule has 0 aromatic heterocycles. The van der Waals surface area contributed by atoms with E-state index >= 15 is 0 Å². The van der Waals surface area contributed by atoms with Crippen LogP contribution in [0.1, 0.15) is 20.8 Å². The Hall–Kier alpha value is 0.0500. The van der Waals surface area contributed by atoms with Gasteiger partial charge in [0.1, 0.15) is 5.31 Å². The molecule has 11 heavy (non-hydrogen) atoms. The van der Waals surface area contributed by atoms with Gasteiger partial charge in [0.25, 0.3) is 0 Å². The van der Waals surface area contributed by atoms with Crippen molar-refractivity contribution in [2.24, 2.45) is 0 Å². The molecule has 0 aromatic rings. The molecule has 0 amide bonds. The minimum Gasteiger partial charge on any atom is -0.189 e. The minimum absolute atomic E-state index is 0.442.